The zero-order valence-electron chi connectivity index (χ0n) is 13.7. The van der Waals surface area contributed by atoms with Gasteiger partial charge in [0.05, 0.1) is 24.3 Å². The monoisotopic (exact) mass is 352 g/mol. The highest BCUT2D eigenvalue weighted by Gasteiger charge is 2.24. The van der Waals surface area contributed by atoms with Gasteiger partial charge in [-0.1, -0.05) is 17.7 Å². The van der Waals surface area contributed by atoms with Gasteiger partial charge in [0.25, 0.3) is 0 Å². The molecule has 0 bridgehead atoms. The Balaban J connectivity index is 1.64. The Morgan fingerprint density at radius 2 is 2.04 bits per heavy atom. The second-order valence-electron chi connectivity index (χ2n) is 5.99. The molecule has 0 radical (unpaired) electrons. The first-order valence-electron chi connectivity index (χ1n) is 8.16. The largest absolute Gasteiger partial charge is 0.465 e. The Morgan fingerprint density at radius 1 is 1.25 bits per heavy atom. The molecule has 0 spiro atoms. The summed E-state index contributed by atoms with van der Waals surface area (Å²) < 4.78 is 24.8. The Hall–Kier alpha value is -1.40. The summed E-state index contributed by atoms with van der Waals surface area (Å²) in [7, 11) is 0. The summed E-state index contributed by atoms with van der Waals surface area (Å²) in [6, 6.07) is 9.04. The Kier molecular flexibility index (Phi) is 5.89. The highest BCUT2D eigenvalue weighted by molar-refractivity contribution is 6.30. The van der Waals surface area contributed by atoms with Crippen LogP contribution in [0.25, 0.3) is 0 Å². The second kappa shape index (κ2) is 8.12. The number of rotatable bonds is 6. The number of furan rings is 1. The normalized spacial score (nSPS) is 17.1. The zero-order valence-corrected chi connectivity index (χ0v) is 14.5. The van der Waals surface area contributed by atoms with Crippen molar-refractivity contribution in [3.05, 3.63) is 58.3 Å². The number of morpholine rings is 1. The third-order valence-electron chi connectivity index (χ3n) is 4.23. The van der Waals surface area contributed by atoms with E-state index in [0.29, 0.717) is 6.54 Å². The number of aryl methyl sites for hydroxylation is 1. The lowest BCUT2D eigenvalue weighted by Gasteiger charge is -2.33. The number of nitrogens with one attached hydrogen (secondary N) is 1. The van der Waals surface area contributed by atoms with E-state index in [1.807, 2.05) is 25.1 Å². The third-order valence-corrected chi connectivity index (χ3v) is 4.53. The molecular weight excluding hydrogens is 331 g/mol. The number of ether oxygens (including phenoxy) is 1. The van der Waals surface area contributed by atoms with E-state index in [-0.39, 0.29) is 16.9 Å². The molecule has 1 saturated heterocycles. The van der Waals surface area contributed by atoms with Gasteiger partial charge in [-0.3, -0.25) is 4.90 Å². The zero-order chi connectivity index (χ0) is 16.9. The van der Waals surface area contributed by atoms with Crippen molar-refractivity contribution in [1.82, 2.24) is 10.2 Å². The van der Waals surface area contributed by atoms with Crippen molar-refractivity contribution >= 4 is 11.6 Å². The van der Waals surface area contributed by atoms with Gasteiger partial charge in [0.2, 0.25) is 0 Å². The molecule has 2 aromatic rings. The van der Waals surface area contributed by atoms with Crippen LogP contribution in [0, 0.1) is 12.7 Å². The maximum absolute atomic E-state index is 13.5. The topological polar surface area (TPSA) is 37.6 Å². The molecule has 3 rings (SSSR count). The smallest absolute Gasteiger partial charge is 0.142 e. The van der Waals surface area contributed by atoms with Crippen LogP contribution < -0.4 is 5.32 Å². The molecule has 130 valence electrons. The molecule has 6 heteroatoms. The fourth-order valence-electron chi connectivity index (χ4n) is 2.93. The third kappa shape index (κ3) is 4.36. The minimum atomic E-state index is -0.387. The molecule has 0 amide bonds. The van der Waals surface area contributed by atoms with E-state index in [2.05, 4.69) is 10.2 Å². The van der Waals surface area contributed by atoms with Gasteiger partial charge in [0.1, 0.15) is 17.3 Å². The van der Waals surface area contributed by atoms with E-state index in [1.165, 1.54) is 6.07 Å². The molecule has 0 saturated carbocycles. The predicted octanol–water partition coefficient (Wildman–Crippen LogP) is 3.54. The van der Waals surface area contributed by atoms with E-state index >= 15 is 0 Å². The van der Waals surface area contributed by atoms with Gasteiger partial charge in [-0.25, -0.2) is 4.39 Å². The van der Waals surface area contributed by atoms with Crippen molar-refractivity contribution in [1.29, 1.82) is 0 Å². The summed E-state index contributed by atoms with van der Waals surface area (Å²) >= 11 is 5.72. The van der Waals surface area contributed by atoms with Crippen LogP contribution in [0.15, 0.2) is 34.7 Å². The number of halogens is 2. The fraction of sp³-hybridized carbons (Fsp3) is 0.444. The van der Waals surface area contributed by atoms with Gasteiger partial charge < -0.3 is 14.5 Å². The molecule has 2 heterocycles. The first-order chi connectivity index (χ1) is 11.6. The van der Waals surface area contributed by atoms with Gasteiger partial charge in [-0.2, -0.15) is 0 Å². The average Bonchev–Trinajstić information content (AvgIpc) is 3.02. The summed E-state index contributed by atoms with van der Waals surface area (Å²) in [6.07, 6.45) is 0. The van der Waals surface area contributed by atoms with Gasteiger partial charge in [0.15, 0.2) is 0 Å². The summed E-state index contributed by atoms with van der Waals surface area (Å²) in [6.45, 7) is 6.47. The van der Waals surface area contributed by atoms with Crippen LogP contribution in [0.1, 0.15) is 23.1 Å². The van der Waals surface area contributed by atoms with Crippen molar-refractivity contribution in [2.75, 3.05) is 32.8 Å². The standard InChI is InChI=1S/C18H22ClFN2O2/c1-13-2-5-18(24-13)17(22-6-8-23-9-7-22)12-21-11-14-3-4-15(19)16(20)10-14/h2-5,10,17,21H,6-9,11-12H2,1H3. The lowest BCUT2D eigenvalue weighted by molar-refractivity contribution is 0.0115. The molecule has 1 aromatic carbocycles. The maximum Gasteiger partial charge on any atom is 0.142 e. The number of hydrogen-bond donors (Lipinski definition) is 1. The number of benzene rings is 1. The first kappa shape index (κ1) is 17.4. The molecule has 1 N–H and O–H groups in total. The first-order valence-corrected chi connectivity index (χ1v) is 8.54. The molecule has 1 aliphatic rings. The lowest BCUT2D eigenvalue weighted by atomic mass is 10.1. The Labute approximate surface area is 146 Å². The Bertz CT molecular complexity index is 671. The molecule has 0 aliphatic carbocycles. The van der Waals surface area contributed by atoms with Crippen LogP contribution in [0.3, 0.4) is 0 Å². The molecule has 24 heavy (non-hydrogen) atoms. The van der Waals surface area contributed by atoms with Crippen molar-refractivity contribution in [2.45, 2.75) is 19.5 Å². The van der Waals surface area contributed by atoms with E-state index in [0.717, 1.165) is 49.9 Å². The SMILES string of the molecule is Cc1ccc(C(CNCc2ccc(Cl)c(F)c2)N2CCOCC2)o1. The van der Waals surface area contributed by atoms with Crippen LogP contribution in [-0.2, 0) is 11.3 Å². The summed E-state index contributed by atoms with van der Waals surface area (Å²) in [5, 5.41) is 3.55. The second-order valence-corrected chi connectivity index (χ2v) is 6.40. The number of nitrogens with zero attached hydrogens (tertiary/aromatic N) is 1. The van der Waals surface area contributed by atoms with E-state index in [1.54, 1.807) is 6.07 Å². The summed E-state index contributed by atoms with van der Waals surface area (Å²) in [5.74, 6) is 1.47. The van der Waals surface area contributed by atoms with E-state index in [4.69, 9.17) is 20.8 Å². The van der Waals surface area contributed by atoms with E-state index in [9.17, 15) is 4.39 Å². The quantitative estimate of drug-likeness (QED) is 0.862. The van der Waals surface area contributed by atoms with E-state index < -0.39 is 0 Å². The van der Waals surface area contributed by atoms with Crippen LogP contribution in [0.5, 0.6) is 0 Å². The van der Waals surface area contributed by atoms with Crippen molar-refractivity contribution in [3.8, 4) is 0 Å². The van der Waals surface area contributed by atoms with Gasteiger partial charge in [0, 0.05) is 26.2 Å². The fourth-order valence-corrected chi connectivity index (χ4v) is 3.05. The Morgan fingerprint density at radius 3 is 2.71 bits per heavy atom. The van der Waals surface area contributed by atoms with Crippen molar-refractivity contribution in [3.63, 3.8) is 0 Å². The average molecular weight is 353 g/mol. The highest BCUT2D eigenvalue weighted by Crippen LogP contribution is 2.23. The lowest BCUT2D eigenvalue weighted by Crippen LogP contribution is -2.42. The molecule has 1 atom stereocenters. The minimum absolute atomic E-state index is 0.139. The van der Waals surface area contributed by atoms with Gasteiger partial charge in [-0.05, 0) is 36.8 Å². The van der Waals surface area contributed by atoms with Crippen molar-refractivity contribution in [2.24, 2.45) is 0 Å². The van der Waals surface area contributed by atoms with Crippen LogP contribution in [0.4, 0.5) is 4.39 Å². The minimum Gasteiger partial charge on any atom is -0.465 e. The van der Waals surface area contributed by atoms with Gasteiger partial charge in [-0.15, -0.1) is 0 Å². The number of hydrogen-bond acceptors (Lipinski definition) is 4. The molecule has 1 fully saturated rings. The predicted molar refractivity (Wildman–Crippen MR) is 91.7 cm³/mol. The molecule has 1 aliphatic heterocycles. The maximum atomic E-state index is 13.5. The molecule has 1 aromatic heterocycles. The van der Waals surface area contributed by atoms with Crippen molar-refractivity contribution < 1.29 is 13.5 Å². The molecule has 1 unspecified atom stereocenters. The molecule has 4 nitrogen and oxygen atoms in total. The summed E-state index contributed by atoms with van der Waals surface area (Å²) in [4.78, 5) is 2.36. The van der Waals surface area contributed by atoms with Crippen LogP contribution in [-0.4, -0.2) is 37.7 Å². The van der Waals surface area contributed by atoms with Crippen LogP contribution in [0.2, 0.25) is 5.02 Å². The van der Waals surface area contributed by atoms with Gasteiger partial charge >= 0.3 is 0 Å². The van der Waals surface area contributed by atoms with Crippen LogP contribution >= 0.6 is 11.6 Å². The summed E-state index contributed by atoms with van der Waals surface area (Å²) in [5.41, 5.74) is 0.869. The molecular formula is C18H22ClFN2O2. The highest BCUT2D eigenvalue weighted by atomic mass is 35.5.